The minimum atomic E-state index is -0.558. The molecule has 4 unspecified atom stereocenters. The maximum atomic E-state index is 11.1. The van der Waals surface area contributed by atoms with E-state index in [0.29, 0.717) is 17.3 Å². The molecule has 0 spiro atoms. The highest BCUT2D eigenvalue weighted by atomic mass is 16.4. The van der Waals surface area contributed by atoms with Crippen molar-refractivity contribution in [3.05, 3.63) is 0 Å². The Morgan fingerprint density at radius 1 is 1.20 bits per heavy atom. The van der Waals surface area contributed by atoms with Gasteiger partial charge in [0.15, 0.2) is 0 Å². The summed E-state index contributed by atoms with van der Waals surface area (Å²) in [5.74, 6) is 1.32. The summed E-state index contributed by atoms with van der Waals surface area (Å²) in [7, 11) is 0. The summed E-state index contributed by atoms with van der Waals surface area (Å²) in [6, 6.07) is 0. The van der Waals surface area contributed by atoms with Crippen molar-refractivity contribution in [3.63, 3.8) is 0 Å². The molecule has 0 saturated heterocycles. The fraction of sp³-hybridized carbons (Fsp3) is 0.923. The van der Waals surface area contributed by atoms with Gasteiger partial charge in [0, 0.05) is 0 Å². The normalized spacial score (nSPS) is 40.5. The van der Waals surface area contributed by atoms with Crippen LogP contribution in [0.25, 0.3) is 0 Å². The molecule has 2 aliphatic carbocycles. The van der Waals surface area contributed by atoms with Gasteiger partial charge in [-0.3, -0.25) is 4.79 Å². The summed E-state index contributed by atoms with van der Waals surface area (Å²) in [6.45, 7) is 6.86. The van der Waals surface area contributed by atoms with Gasteiger partial charge in [-0.25, -0.2) is 0 Å². The molecule has 0 aromatic heterocycles. The van der Waals surface area contributed by atoms with Crippen molar-refractivity contribution in [2.45, 2.75) is 46.5 Å². The van der Waals surface area contributed by atoms with Crippen LogP contribution in [0, 0.1) is 29.1 Å². The Kier molecular flexibility index (Phi) is 2.56. The second-order valence-electron chi connectivity index (χ2n) is 6.48. The van der Waals surface area contributed by atoms with Gasteiger partial charge in [-0.05, 0) is 48.9 Å². The van der Waals surface area contributed by atoms with Crippen molar-refractivity contribution >= 4 is 5.97 Å². The zero-order valence-corrected chi connectivity index (χ0v) is 9.99. The van der Waals surface area contributed by atoms with Crippen LogP contribution in [0.2, 0.25) is 0 Å². The summed E-state index contributed by atoms with van der Waals surface area (Å²) in [5.41, 5.74) is 0.355. The Bertz CT molecular complexity index is 264. The van der Waals surface area contributed by atoms with E-state index in [2.05, 4.69) is 20.8 Å². The molecule has 0 bridgehead atoms. The van der Waals surface area contributed by atoms with Gasteiger partial charge in [-0.2, -0.15) is 0 Å². The van der Waals surface area contributed by atoms with Crippen LogP contribution in [0.3, 0.4) is 0 Å². The minimum absolute atomic E-state index is 0.0395. The highest BCUT2D eigenvalue weighted by molar-refractivity contribution is 5.70. The number of rotatable bonds is 1. The van der Waals surface area contributed by atoms with Crippen molar-refractivity contribution in [3.8, 4) is 0 Å². The van der Waals surface area contributed by atoms with Gasteiger partial charge >= 0.3 is 5.97 Å². The van der Waals surface area contributed by atoms with Gasteiger partial charge in [-0.1, -0.05) is 20.8 Å². The molecule has 86 valence electrons. The summed E-state index contributed by atoms with van der Waals surface area (Å²) in [5, 5.41) is 9.15. The highest BCUT2D eigenvalue weighted by Gasteiger charge is 2.48. The van der Waals surface area contributed by atoms with Crippen LogP contribution < -0.4 is 0 Å². The molecule has 2 rings (SSSR count). The fourth-order valence-electron chi connectivity index (χ4n) is 3.60. The van der Waals surface area contributed by atoms with E-state index in [0.717, 1.165) is 25.2 Å². The molecule has 0 heterocycles. The van der Waals surface area contributed by atoms with Gasteiger partial charge in [0.25, 0.3) is 0 Å². The second kappa shape index (κ2) is 3.50. The number of fused-ring (bicyclic) bond motifs is 1. The first-order chi connectivity index (χ1) is 6.89. The van der Waals surface area contributed by atoms with Gasteiger partial charge in [-0.15, -0.1) is 0 Å². The van der Waals surface area contributed by atoms with E-state index in [1.807, 2.05) is 0 Å². The monoisotopic (exact) mass is 210 g/mol. The Morgan fingerprint density at radius 3 is 2.40 bits per heavy atom. The average molecular weight is 210 g/mol. The predicted molar refractivity (Wildman–Crippen MR) is 59.5 cm³/mol. The summed E-state index contributed by atoms with van der Waals surface area (Å²) < 4.78 is 0. The molecule has 4 atom stereocenters. The molecule has 2 nitrogen and oxygen atoms in total. The van der Waals surface area contributed by atoms with E-state index in [9.17, 15) is 4.79 Å². The van der Waals surface area contributed by atoms with Crippen LogP contribution in [0.5, 0.6) is 0 Å². The lowest BCUT2D eigenvalue weighted by Gasteiger charge is -2.28. The standard InChI is InChI=1S/C13H22O2/c1-13(2,3)9-6-8-4-5-10(12(14)15)11(8)7-9/h8-11H,4-7H2,1-3H3,(H,14,15). The molecule has 2 saturated carbocycles. The number of hydrogen-bond donors (Lipinski definition) is 1. The van der Waals surface area contributed by atoms with Crippen LogP contribution in [0.4, 0.5) is 0 Å². The number of hydrogen-bond acceptors (Lipinski definition) is 1. The molecule has 0 aromatic carbocycles. The van der Waals surface area contributed by atoms with Gasteiger partial charge in [0.05, 0.1) is 5.92 Å². The van der Waals surface area contributed by atoms with Gasteiger partial charge in [0.1, 0.15) is 0 Å². The van der Waals surface area contributed by atoms with Crippen molar-refractivity contribution in [2.24, 2.45) is 29.1 Å². The molecular formula is C13H22O2. The van der Waals surface area contributed by atoms with E-state index in [-0.39, 0.29) is 5.92 Å². The number of carbonyl (C=O) groups is 1. The lowest BCUT2D eigenvalue weighted by atomic mass is 9.78. The second-order valence-corrected chi connectivity index (χ2v) is 6.48. The molecule has 0 radical (unpaired) electrons. The third-order valence-electron chi connectivity index (χ3n) is 4.66. The van der Waals surface area contributed by atoms with Crippen molar-refractivity contribution in [2.75, 3.05) is 0 Å². The SMILES string of the molecule is CC(C)(C)C1CC2CCC(C(=O)O)C2C1. The van der Waals surface area contributed by atoms with Crippen LogP contribution in [-0.2, 0) is 4.79 Å². The van der Waals surface area contributed by atoms with Crippen LogP contribution in [0.15, 0.2) is 0 Å². The number of carboxylic acids is 1. The largest absolute Gasteiger partial charge is 0.481 e. The molecule has 2 aliphatic rings. The molecule has 2 heteroatoms. The Hall–Kier alpha value is -0.530. The van der Waals surface area contributed by atoms with Crippen LogP contribution in [0.1, 0.15) is 46.5 Å². The molecule has 15 heavy (non-hydrogen) atoms. The summed E-state index contributed by atoms with van der Waals surface area (Å²) in [6.07, 6.45) is 4.47. The zero-order valence-electron chi connectivity index (χ0n) is 9.99. The van der Waals surface area contributed by atoms with Crippen molar-refractivity contribution in [1.29, 1.82) is 0 Å². The molecule has 0 amide bonds. The molecule has 0 aliphatic heterocycles. The minimum Gasteiger partial charge on any atom is -0.481 e. The fourth-order valence-corrected chi connectivity index (χ4v) is 3.60. The van der Waals surface area contributed by atoms with Crippen molar-refractivity contribution in [1.82, 2.24) is 0 Å². The van der Waals surface area contributed by atoms with Gasteiger partial charge < -0.3 is 5.11 Å². The lowest BCUT2D eigenvalue weighted by Crippen LogP contribution is -2.22. The first-order valence-corrected chi connectivity index (χ1v) is 6.12. The van der Waals surface area contributed by atoms with E-state index < -0.39 is 5.97 Å². The summed E-state index contributed by atoms with van der Waals surface area (Å²) >= 11 is 0. The Morgan fingerprint density at radius 2 is 1.87 bits per heavy atom. The predicted octanol–water partition coefficient (Wildman–Crippen LogP) is 3.17. The average Bonchev–Trinajstić information content (AvgIpc) is 2.56. The summed E-state index contributed by atoms with van der Waals surface area (Å²) in [4.78, 5) is 11.1. The Labute approximate surface area is 92.1 Å². The van der Waals surface area contributed by atoms with E-state index in [1.165, 1.54) is 6.42 Å². The first-order valence-electron chi connectivity index (χ1n) is 6.12. The quantitative estimate of drug-likeness (QED) is 0.721. The van der Waals surface area contributed by atoms with Crippen LogP contribution >= 0.6 is 0 Å². The molecule has 0 aromatic rings. The van der Waals surface area contributed by atoms with Crippen molar-refractivity contribution < 1.29 is 9.90 Å². The highest BCUT2D eigenvalue weighted by Crippen LogP contribution is 2.54. The van der Waals surface area contributed by atoms with Gasteiger partial charge in [0.2, 0.25) is 0 Å². The molecular weight excluding hydrogens is 188 g/mol. The molecule has 1 N–H and O–H groups in total. The van der Waals surface area contributed by atoms with E-state index >= 15 is 0 Å². The number of carboxylic acid groups (broad SMARTS) is 1. The maximum absolute atomic E-state index is 11.1. The lowest BCUT2D eigenvalue weighted by molar-refractivity contribution is -0.143. The third kappa shape index (κ3) is 1.91. The smallest absolute Gasteiger partial charge is 0.306 e. The maximum Gasteiger partial charge on any atom is 0.306 e. The zero-order chi connectivity index (χ0) is 11.2. The molecule has 2 fully saturated rings. The van der Waals surface area contributed by atoms with E-state index in [1.54, 1.807) is 0 Å². The van der Waals surface area contributed by atoms with Crippen LogP contribution in [-0.4, -0.2) is 11.1 Å². The first kappa shape index (κ1) is 11.0. The van der Waals surface area contributed by atoms with E-state index in [4.69, 9.17) is 5.11 Å². The number of aliphatic carboxylic acids is 1. The topological polar surface area (TPSA) is 37.3 Å². The Balaban J connectivity index is 2.06. The third-order valence-corrected chi connectivity index (χ3v) is 4.66.